The summed E-state index contributed by atoms with van der Waals surface area (Å²) < 4.78 is 18.6. The molecule has 1 aromatic heterocycles. The second kappa shape index (κ2) is 5.40. The van der Waals surface area contributed by atoms with Gasteiger partial charge in [-0.2, -0.15) is 0 Å². The summed E-state index contributed by atoms with van der Waals surface area (Å²) in [5.41, 5.74) is 9.95. The predicted octanol–water partition coefficient (Wildman–Crippen LogP) is 4.29. The fourth-order valence-electron chi connectivity index (χ4n) is 2.47. The van der Waals surface area contributed by atoms with E-state index in [0.717, 1.165) is 17.5 Å². The summed E-state index contributed by atoms with van der Waals surface area (Å²) in [7, 11) is 0. The summed E-state index contributed by atoms with van der Waals surface area (Å²) in [5, 5.41) is 4.08. The molecule has 2 N–H and O–H groups in total. The van der Waals surface area contributed by atoms with Gasteiger partial charge in [0.2, 0.25) is 5.88 Å². The SMILES string of the molecule is CCc1ccccc1-c1noc(N)c1-c1cccc(F)c1. The van der Waals surface area contributed by atoms with Gasteiger partial charge >= 0.3 is 0 Å². The van der Waals surface area contributed by atoms with Crippen molar-refractivity contribution < 1.29 is 8.91 Å². The Balaban J connectivity index is 2.22. The summed E-state index contributed by atoms with van der Waals surface area (Å²) in [6, 6.07) is 14.2. The van der Waals surface area contributed by atoms with E-state index in [2.05, 4.69) is 12.1 Å². The van der Waals surface area contributed by atoms with Gasteiger partial charge in [-0.25, -0.2) is 4.39 Å². The van der Waals surface area contributed by atoms with Gasteiger partial charge in [0.05, 0.1) is 5.56 Å². The van der Waals surface area contributed by atoms with Crippen LogP contribution in [0.4, 0.5) is 10.3 Å². The van der Waals surface area contributed by atoms with E-state index in [4.69, 9.17) is 10.3 Å². The van der Waals surface area contributed by atoms with Crippen molar-refractivity contribution >= 4 is 5.88 Å². The second-order valence-electron chi connectivity index (χ2n) is 4.79. The van der Waals surface area contributed by atoms with E-state index in [1.807, 2.05) is 24.3 Å². The lowest BCUT2D eigenvalue weighted by Gasteiger charge is -2.07. The Hall–Kier alpha value is -2.62. The van der Waals surface area contributed by atoms with Crippen LogP contribution in [0.15, 0.2) is 53.1 Å². The minimum absolute atomic E-state index is 0.196. The zero-order chi connectivity index (χ0) is 14.8. The molecule has 0 atom stereocenters. The first-order chi connectivity index (χ1) is 10.2. The van der Waals surface area contributed by atoms with Gasteiger partial charge in [0, 0.05) is 5.56 Å². The molecule has 0 amide bonds. The van der Waals surface area contributed by atoms with Crippen molar-refractivity contribution in [3.05, 3.63) is 59.9 Å². The number of rotatable bonds is 3. The van der Waals surface area contributed by atoms with Gasteiger partial charge in [-0.05, 0) is 29.7 Å². The van der Waals surface area contributed by atoms with Gasteiger partial charge in [0.1, 0.15) is 11.5 Å². The third-order valence-electron chi connectivity index (χ3n) is 3.49. The Labute approximate surface area is 122 Å². The lowest BCUT2D eigenvalue weighted by atomic mass is 9.96. The van der Waals surface area contributed by atoms with Crippen LogP contribution in [0.1, 0.15) is 12.5 Å². The first-order valence-electron chi connectivity index (χ1n) is 6.80. The molecule has 0 fully saturated rings. The molecule has 0 aliphatic rings. The minimum atomic E-state index is -0.317. The molecule has 0 aliphatic heterocycles. The van der Waals surface area contributed by atoms with E-state index in [-0.39, 0.29) is 11.7 Å². The molecule has 3 aromatic rings. The summed E-state index contributed by atoms with van der Waals surface area (Å²) >= 11 is 0. The van der Waals surface area contributed by atoms with E-state index in [1.165, 1.54) is 12.1 Å². The molecule has 0 unspecified atom stereocenters. The quantitative estimate of drug-likeness (QED) is 0.779. The monoisotopic (exact) mass is 282 g/mol. The van der Waals surface area contributed by atoms with Crippen LogP contribution in [0.25, 0.3) is 22.4 Å². The number of nitrogens with zero attached hydrogens (tertiary/aromatic N) is 1. The third kappa shape index (κ3) is 2.40. The third-order valence-corrected chi connectivity index (χ3v) is 3.49. The molecular formula is C17H15FN2O. The van der Waals surface area contributed by atoms with Crippen molar-refractivity contribution in [2.24, 2.45) is 0 Å². The zero-order valence-electron chi connectivity index (χ0n) is 11.6. The highest BCUT2D eigenvalue weighted by Gasteiger charge is 2.19. The number of halogens is 1. The first kappa shape index (κ1) is 13.4. The molecule has 0 aliphatic carbocycles. The van der Waals surface area contributed by atoms with Gasteiger partial charge in [0.15, 0.2) is 0 Å². The molecule has 0 saturated heterocycles. The number of aryl methyl sites for hydroxylation is 1. The highest BCUT2D eigenvalue weighted by atomic mass is 19.1. The summed E-state index contributed by atoms with van der Waals surface area (Å²) in [5.74, 6) is -0.121. The molecule has 2 aromatic carbocycles. The number of anilines is 1. The summed E-state index contributed by atoms with van der Waals surface area (Å²) in [4.78, 5) is 0. The van der Waals surface area contributed by atoms with Crippen molar-refractivity contribution in [3.63, 3.8) is 0 Å². The maximum absolute atomic E-state index is 13.5. The Morgan fingerprint density at radius 2 is 1.95 bits per heavy atom. The van der Waals surface area contributed by atoms with Crippen molar-refractivity contribution in [3.8, 4) is 22.4 Å². The van der Waals surface area contributed by atoms with E-state index in [0.29, 0.717) is 16.8 Å². The van der Waals surface area contributed by atoms with Crippen molar-refractivity contribution in [1.82, 2.24) is 5.16 Å². The normalized spacial score (nSPS) is 10.8. The molecule has 3 nitrogen and oxygen atoms in total. The number of benzene rings is 2. The second-order valence-corrected chi connectivity index (χ2v) is 4.79. The molecule has 0 saturated carbocycles. The number of nitrogen functional groups attached to an aromatic ring is 1. The molecule has 4 heteroatoms. The maximum atomic E-state index is 13.5. The smallest absolute Gasteiger partial charge is 0.230 e. The fraction of sp³-hybridized carbons (Fsp3) is 0.118. The highest BCUT2D eigenvalue weighted by Crippen LogP contribution is 2.37. The van der Waals surface area contributed by atoms with Crippen molar-refractivity contribution in [1.29, 1.82) is 0 Å². The van der Waals surface area contributed by atoms with E-state index in [9.17, 15) is 4.39 Å². The molecule has 21 heavy (non-hydrogen) atoms. The van der Waals surface area contributed by atoms with Gasteiger partial charge in [-0.15, -0.1) is 0 Å². The average Bonchev–Trinajstić information content (AvgIpc) is 2.88. The van der Waals surface area contributed by atoms with E-state index in [1.54, 1.807) is 12.1 Å². The minimum Gasteiger partial charge on any atom is -0.367 e. The number of hydrogen-bond donors (Lipinski definition) is 1. The van der Waals surface area contributed by atoms with Gasteiger partial charge in [0.25, 0.3) is 0 Å². The number of nitrogens with two attached hydrogens (primary N) is 1. The average molecular weight is 282 g/mol. The lowest BCUT2D eigenvalue weighted by Crippen LogP contribution is -1.91. The molecule has 0 radical (unpaired) electrons. The van der Waals surface area contributed by atoms with Crippen LogP contribution in [0.3, 0.4) is 0 Å². The van der Waals surface area contributed by atoms with Crippen LogP contribution < -0.4 is 5.73 Å². The topological polar surface area (TPSA) is 52.0 Å². The van der Waals surface area contributed by atoms with Crippen LogP contribution in [-0.4, -0.2) is 5.16 Å². The fourth-order valence-corrected chi connectivity index (χ4v) is 2.47. The maximum Gasteiger partial charge on any atom is 0.230 e. The standard InChI is InChI=1S/C17H15FN2O/c1-2-11-6-3-4-9-14(11)16-15(17(19)21-20-16)12-7-5-8-13(18)10-12/h3-10H,2,19H2,1H3. The van der Waals surface area contributed by atoms with E-state index < -0.39 is 0 Å². The number of aromatic nitrogens is 1. The molecule has 1 heterocycles. The summed E-state index contributed by atoms with van der Waals surface area (Å²) in [6.07, 6.45) is 0.867. The molecule has 3 rings (SSSR count). The van der Waals surface area contributed by atoms with Crippen LogP contribution in [-0.2, 0) is 6.42 Å². The molecule has 0 spiro atoms. The van der Waals surface area contributed by atoms with Crippen molar-refractivity contribution in [2.45, 2.75) is 13.3 Å². The Morgan fingerprint density at radius 1 is 1.14 bits per heavy atom. The van der Waals surface area contributed by atoms with Crippen LogP contribution in [0.2, 0.25) is 0 Å². The Bertz CT molecular complexity index is 780. The van der Waals surface area contributed by atoms with Gasteiger partial charge < -0.3 is 10.3 Å². The zero-order valence-corrected chi connectivity index (χ0v) is 11.6. The molecule has 0 bridgehead atoms. The van der Waals surface area contributed by atoms with E-state index >= 15 is 0 Å². The predicted molar refractivity (Wildman–Crippen MR) is 81.1 cm³/mol. The lowest BCUT2D eigenvalue weighted by molar-refractivity contribution is 0.439. The van der Waals surface area contributed by atoms with Crippen LogP contribution in [0, 0.1) is 5.82 Å². The van der Waals surface area contributed by atoms with Gasteiger partial charge in [-0.1, -0.05) is 48.5 Å². The Morgan fingerprint density at radius 3 is 2.71 bits per heavy atom. The number of hydrogen-bond acceptors (Lipinski definition) is 3. The summed E-state index contributed by atoms with van der Waals surface area (Å²) in [6.45, 7) is 2.07. The van der Waals surface area contributed by atoms with Crippen LogP contribution in [0.5, 0.6) is 0 Å². The first-order valence-corrected chi connectivity index (χ1v) is 6.80. The largest absolute Gasteiger partial charge is 0.367 e. The highest BCUT2D eigenvalue weighted by molar-refractivity contribution is 5.87. The molecular weight excluding hydrogens is 267 g/mol. The van der Waals surface area contributed by atoms with Crippen LogP contribution >= 0.6 is 0 Å². The van der Waals surface area contributed by atoms with Crippen molar-refractivity contribution in [2.75, 3.05) is 5.73 Å². The molecule has 106 valence electrons. The van der Waals surface area contributed by atoms with Gasteiger partial charge in [-0.3, -0.25) is 0 Å². The Kier molecular flexibility index (Phi) is 3.44.